The molecular weight excluding hydrogens is 1370 g/mol. The molecule has 0 radical (unpaired) electrons. The molecule has 0 heteroatoms. The zero-order chi connectivity index (χ0) is 79.2. The summed E-state index contributed by atoms with van der Waals surface area (Å²) < 4.78 is 0. The summed E-state index contributed by atoms with van der Waals surface area (Å²) in [6.07, 6.45) is 98.8. The summed E-state index contributed by atoms with van der Waals surface area (Å²) >= 11 is 0. The molecule has 0 nitrogen and oxygen atoms in total. The first-order valence-electron chi connectivity index (χ1n) is 55.4. The molecule has 658 valence electrons. The summed E-state index contributed by atoms with van der Waals surface area (Å²) in [5.41, 5.74) is 0. The van der Waals surface area contributed by atoms with Gasteiger partial charge < -0.3 is 0 Å². The van der Waals surface area contributed by atoms with Crippen LogP contribution in [0.5, 0.6) is 0 Å². The Balaban J connectivity index is 0.000000103. The Bertz CT molecular complexity index is 2540. The topological polar surface area (TPSA) is 0 Å². The van der Waals surface area contributed by atoms with E-state index in [-0.39, 0.29) is 0 Å². The highest BCUT2D eigenvalue weighted by Gasteiger charge is 2.48. The van der Waals surface area contributed by atoms with Crippen LogP contribution in [0.15, 0.2) is 0 Å². The van der Waals surface area contributed by atoms with Crippen LogP contribution in [0.25, 0.3) is 0 Å². The average Bonchev–Trinajstić information content (AvgIpc) is 1.07. The normalized spacial score (nSPS) is 49.8. The smallest absolute Gasteiger partial charge is 0.0357 e. The van der Waals surface area contributed by atoms with Crippen LogP contribution >= 0.6 is 0 Å². The second kappa shape index (κ2) is 44.7. The van der Waals surface area contributed by atoms with E-state index in [1.54, 1.807) is 250 Å². The van der Waals surface area contributed by atoms with E-state index in [9.17, 15) is 0 Å². The van der Waals surface area contributed by atoms with Crippen molar-refractivity contribution < 1.29 is 0 Å². The van der Waals surface area contributed by atoms with Crippen LogP contribution in [0.1, 0.15) is 494 Å². The Hall–Kier alpha value is 0. The predicted molar refractivity (Wildman–Crippen MR) is 496 cm³/mol. The summed E-state index contributed by atoms with van der Waals surface area (Å²) in [6.45, 7) is 29.3. The lowest BCUT2D eigenvalue weighted by Gasteiger charge is -2.53. The van der Waals surface area contributed by atoms with Crippen molar-refractivity contribution in [2.75, 3.05) is 0 Å². The SMILES string of the molecule is CC1C2CC3CC(C2)CC1C3.CC1C2CCCC1CC2.CC1C2CCCC1CCC2.CC1CC2CC2C1.CC1CC2CCC1C2.CC1CC2CCC1CC2.CC1CC2CCCCC2C1.CC1CCC2CCCC2C1.CC1CCC2CCCCC12.CC1CCC2CCCCC2C1.CC1CCCC2CC12.CC1CCCC2CCCCC12. The van der Waals surface area contributed by atoms with E-state index in [1.807, 2.05) is 0 Å². The summed E-state index contributed by atoms with van der Waals surface area (Å²) in [6, 6.07) is 0. The Morgan fingerprint density at radius 2 is 0.412 bits per heavy atom. The average molecular weight is 1570 g/mol. The van der Waals surface area contributed by atoms with Crippen LogP contribution in [0.2, 0.25) is 0 Å². The highest BCUT2D eigenvalue weighted by molar-refractivity contribution is 4.99. The fourth-order valence-electron chi connectivity index (χ4n) is 34.9. The summed E-state index contributed by atoms with van der Waals surface area (Å²) in [4.78, 5) is 0. The molecule has 0 N–H and O–H groups in total. The first-order valence-corrected chi connectivity index (χ1v) is 55.4. The maximum atomic E-state index is 2.51. The second-order valence-corrected chi connectivity index (χ2v) is 50.3. The minimum atomic E-state index is 1.04. The predicted octanol–water partition coefficient (Wildman–Crippen LogP) is 35.8. The molecule has 27 saturated carbocycles. The summed E-state index contributed by atoms with van der Waals surface area (Å²) in [5.74, 6) is 42.5. The van der Waals surface area contributed by atoms with Crippen molar-refractivity contribution >= 4 is 0 Å². The number of hydrogen-bond donors (Lipinski definition) is 0. The molecule has 0 amide bonds. The first-order chi connectivity index (χ1) is 55.4. The van der Waals surface area contributed by atoms with Crippen LogP contribution in [0.3, 0.4) is 0 Å². The zero-order valence-corrected chi connectivity index (χ0v) is 79.2. The Labute approximate surface area is 714 Å². The molecule has 114 heavy (non-hydrogen) atoms. The van der Waals surface area contributed by atoms with Crippen LogP contribution in [-0.2, 0) is 0 Å². The van der Waals surface area contributed by atoms with Gasteiger partial charge in [0, 0.05) is 0 Å². The van der Waals surface area contributed by atoms with Crippen molar-refractivity contribution in [3.63, 3.8) is 0 Å². The maximum Gasteiger partial charge on any atom is -0.0357 e. The van der Waals surface area contributed by atoms with Gasteiger partial charge in [0.05, 0.1) is 0 Å². The Morgan fingerprint density at radius 3 is 0.807 bits per heavy atom. The largest absolute Gasteiger partial charge is 0.0625 e. The molecule has 0 aromatic heterocycles. The van der Waals surface area contributed by atoms with Gasteiger partial charge in [-0.1, -0.05) is 327 Å². The van der Waals surface area contributed by atoms with Gasteiger partial charge in [0.15, 0.2) is 0 Å². The van der Waals surface area contributed by atoms with Crippen molar-refractivity contribution in [3.8, 4) is 0 Å². The van der Waals surface area contributed by atoms with E-state index in [0.29, 0.717) is 0 Å². The molecule has 0 spiro atoms. The highest BCUT2D eigenvalue weighted by Crippen LogP contribution is 2.59. The molecule has 27 aliphatic rings. The fraction of sp³-hybridized carbons (Fsp3) is 1.00. The van der Waals surface area contributed by atoms with Gasteiger partial charge in [0.2, 0.25) is 0 Å². The van der Waals surface area contributed by atoms with Gasteiger partial charge in [-0.15, -0.1) is 0 Å². The number of rotatable bonds is 0. The third kappa shape index (κ3) is 25.9. The van der Waals surface area contributed by atoms with Crippen molar-refractivity contribution in [1.82, 2.24) is 0 Å². The van der Waals surface area contributed by atoms with Crippen molar-refractivity contribution in [2.24, 2.45) is 225 Å². The molecule has 27 aliphatic carbocycles. The molecular formula is C114H202. The Morgan fingerprint density at radius 1 is 0.114 bits per heavy atom. The molecule has 25 atom stereocenters. The lowest BCUT2D eigenvalue weighted by Crippen LogP contribution is -2.43. The molecule has 27 fully saturated rings. The molecule has 27 rings (SSSR count). The molecule has 0 heterocycles. The monoisotopic (exact) mass is 1570 g/mol. The van der Waals surface area contributed by atoms with Gasteiger partial charge in [-0.25, -0.2) is 0 Å². The molecule has 0 aromatic carbocycles. The lowest BCUT2D eigenvalue weighted by atomic mass is 9.52. The van der Waals surface area contributed by atoms with E-state index in [1.165, 1.54) is 184 Å². The minimum absolute atomic E-state index is 1.04. The van der Waals surface area contributed by atoms with E-state index >= 15 is 0 Å². The van der Waals surface area contributed by atoms with Gasteiger partial charge >= 0.3 is 0 Å². The van der Waals surface area contributed by atoms with E-state index in [4.69, 9.17) is 0 Å². The van der Waals surface area contributed by atoms with E-state index in [2.05, 4.69) is 83.1 Å². The third-order valence-corrected chi connectivity index (χ3v) is 42.4. The lowest BCUT2D eigenvalue weighted by molar-refractivity contribution is -0.0282. The molecule has 12 bridgehead atoms. The molecule has 0 saturated heterocycles. The van der Waals surface area contributed by atoms with E-state index < -0.39 is 0 Å². The zero-order valence-electron chi connectivity index (χ0n) is 79.2. The third-order valence-electron chi connectivity index (χ3n) is 42.4. The summed E-state index contributed by atoms with van der Waals surface area (Å²) in [7, 11) is 0. The van der Waals surface area contributed by atoms with Crippen molar-refractivity contribution in [2.45, 2.75) is 494 Å². The Kier molecular flexibility index (Phi) is 35.4. The van der Waals surface area contributed by atoms with Crippen LogP contribution < -0.4 is 0 Å². The van der Waals surface area contributed by atoms with E-state index in [0.717, 1.165) is 201 Å². The first kappa shape index (κ1) is 90.3. The number of hydrogen-bond acceptors (Lipinski definition) is 0. The maximum absolute atomic E-state index is 2.51. The van der Waals surface area contributed by atoms with Crippen LogP contribution in [-0.4, -0.2) is 0 Å². The molecule has 0 aromatic rings. The van der Waals surface area contributed by atoms with Crippen LogP contribution in [0.4, 0.5) is 0 Å². The van der Waals surface area contributed by atoms with Gasteiger partial charge in [-0.2, -0.15) is 0 Å². The van der Waals surface area contributed by atoms with Crippen molar-refractivity contribution in [3.05, 3.63) is 0 Å². The number of fused-ring (bicyclic) bond motifs is 16. The quantitative estimate of drug-likeness (QED) is 0.227. The molecule has 25 unspecified atom stereocenters. The summed E-state index contributed by atoms with van der Waals surface area (Å²) in [5, 5.41) is 0. The highest BCUT2D eigenvalue weighted by atomic mass is 14.5. The second-order valence-electron chi connectivity index (χ2n) is 50.3. The fourth-order valence-corrected chi connectivity index (χ4v) is 34.9. The van der Waals surface area contributed by atoms with Crippen molar-refractivity contribution in [1.29, 1.82) is 0 Å². The van der Waals surface area contributed by atoms with Crippen LogP contribution in [0, 0.1) is 225 Å². The minimum Gasteiger partial charge on any atom is -0.0625 e. The standard InChI is InChI=1S/C11H18.2C11H20.4C10H18.2C9H16.2C8H14.C7H12/c1-7-10-3-8-2-9(5-10)6-11(7)4-8;1-9-5-4-7-10-6-2-3-8-11(9)10;1-9-6-7-10-4-2-3-5-11(10)8-9;1-8-9-4-2-5-10(8)7-3-6-9;1-8-5-6-9-3-2-4-10(9)7-8;1-8-6-9-4-2-3-5-10(9)7-8;1-8-6-7-9-4-2-3-5-10(8)9;1-7-6-8-2-4-9(7)5-3-8;1-7-8-3-2-4-9(7)6-5-8;1-6-4-7-2-3-8(6)5-7;1-6-3-2-4-7-5-8(6)7;1-5-2-6-4-7(6)3-5/h7-11H,2-6H2,1H3;2*9-11H,2-8H2,1H3;4*8-10H,2-7H2,1H3;2*7-9H,2-6H2,1H3;2*6-8H,2-5H2,1H3;5-7H,2-4H2,1H3. The molecule has 0 aliphatic heterocycles. The van der Waals surface area contributed by atoms with Gasteiger partial charge in [-0.05, 0) is 392 Å². The van der Waals surface area contributed by atoms with Gasteiger partial charge in [-0.3, -0.25) is 0 Å². The van der Waals surface area contributed by atoms with Gasteiger partial charge in [0.25, 0.3) is 0 Å². The van der Waals surface area contributed by atoms with Gasteiger partial charge in [0.1, 0.15) is 0 Å².